The van der Waals surface area contributed by atoms with Crippen LogP contribution in [0.2, 0.25) is 0 Å². The number of unbranched alkanes of at least 4 members (excludes halogenated alkanes) is 7. The van der Waals surface area contributed by atoms with Crippen LogP contribution in [0.5, 0.6) is 0 Å². The van der Waals surface area contributed by atoms with Crippen molar-refractivity contribution in [2.45, 2.75) is 84.2 Å². The first kappa shape index (κ1) is 21.2. The molecule has 0 aliphatic carbocycles. The highest BCUT2D eigenvalue weighted by molar-refractivity contribution is 5.68. The van der Waals surface area contributed by atoms with Gasteiger partial charge in [0.1, 0.15) is 6.54 Å². The summed E-state index contributed by atoms with van der Waals surface area (Å²) in [7, 11) is 0. The molecule has 6 heteroatoms. The Labute approximate surface area is 132 Å². The fourth-order valence-corrected chi connectivity index (χ4v) is 2.11. The molecule has 0 atom stereocenters. The first-order valence-corrected chi connectivity index (χ1v) is 8.41. The maximum atomic E-state index is 12.4. The van der Waals surface area contributed by atoms with Gasteiger partial charge in [-0.1, -0.05) is 58.8 Å². The molecule has 0 fully saturated rings. The van der Waals surface area contributed by atoms with E-state index in [1.807, 2.05) is 6.92 Å². The van der Waals surface area contributed by atoms with Crippen molar-refractivity contribution in [1.29, 1.82) is 0 Å². The van der Waals surface area contributed by atoms with Gasteiger partial charge in [-0.2, -0.15) is 13.2 Å². The molecule has 0 aliphatic heterocycles. The lowest BCUT2D eigenvalue weighted by Crippen LogP contribution is -2.36. The van der Waals surface area contributed by atoms with E-state index in [0.29, 0.717) is 12.8 Å². The number of hydrogen-bond acceptors (Lipinski definition) is 3. The standard InChI is InChI=1S/C16H30F3NO2/c1-3-5-7-8-9-10-11-12-15(21)22-20(13-6-4-2)14-16(17,18)19/h3-14H2,1-2H3. The van der Waals surface area contributed by atoms with Gasteiger partial charge in [0.25, 0.3) is 0 Å². The quantitative estimate of drug-likeness (QED) is 0.342. The second-order valence-corrected chi connectivity index (χ2v) is 5.67. The predicted molar refractivity (Wildman–Crippen MR) is 81.2 cm³/mol. The number of carbonyl (C=O) groups is 1. The summed E-state index contributed by atoms with van der Waals surface area (Å²) >= 11 is 0. The minimum Gasteiger partial charge on any atom is -0.368 e. The first-order chi connectivity index (χ1) is 10.4. The smallest absolute Gasteiger partial charge is 0.368 e. The Kier molecular flexibility index (Phi) is 12.3. The monoisotopic (exact) mass is 325 g/mol. The lowest BCUT2D eigenvalue weighted by Gasteiger charge is -2.22. The maximum Gasteiger partial charge on any atom is 0.404 e. The number of hydroxylamine groups is 2. The summed E-state index contributed by atoms with van der Waals surface area (Å²) in [4.78, 5) is 16.5. The van der Waals surface area contributed by atoms with Gasteiger partial charge in [-0.3, -0.25) is 4.79 Å². The molecule has 0 bridgehead atoms. The largest absolute Gasteiger partial charge is 0.404 e. The number of rotatable bonds is 13. The van der Waals surface area contributed by atoms with Crippen LogP contribution in [-0.2, 0) is 9.63 Å². The Morgan fingerprint density at radius 3 is 2.00 bits per heavy atom. The van der Waals surface area contributed by atoms with E-state index in [2.05, 4.69) is 6.92 Å². The van der Waals surface area contributed by atoms with Crippen molar-refractivity contribution in [3.63, 3.8) is 0 Å². The molecular formula is C16H30F3NO2. The Morgan fingerprint density at radius 1 is 0.909 bits per heavy atom. The van der Waals surface area contributed by atoms with E-state index < -0.39 is 18.7 Å². The lowest BCUT2D eigenvalue weighted by atomic mass is 10.1. The Hall–Kier alpha value is -0.780. The van der Waals surface area contributed by atoms with E-state index >= 15 is 0 Å². The van der Waals surface area contributed by atoms with Gasteiger partial charge in [0.15, 0.2) is 0 Å². The average molecular weight is 325 g/mol. The van der Waals surface area contributed by atoms with E-state index in [9.17, 15) is 18.0 Å². The second-order valence-electron chi connectivity index (χ2n) is 5.67. The average Bonchev–Trinajstić information content (AvgIpc) is 2.42. The summed E-state index contributed by atoms with van der Waals surface area (Å²) in [5.41, 5.74) is 0. The molecule has 0 heterocycles. The van der Waals surface area contributed by atoms with Crippen molar-refractivity contribution in [2.75, 3.05) is 13.1 Å². The summed E-state index contributed by atoms with van der Waals surface area (Å²) in [6, 6.07) is 0. The molecule has 0 rings (SSSR count). The van der Waals surface area contributed by atoms with Gasteiger partial charge in [0.05, 0.1) is 0 Å². The maximum absolute atomic E-state index is 12.4. The highest BCUT2D eigenvalue weighted by Gasteiger charge is 2.32. The molecule has 0 saturated carbocycles. The minimum absolute atomic E-state index is 0.124. The number of alkyl halides is 3. The van der Waals surface area contributed by atoms with Crippen LogP contribution in [0.4, 0.5) is 13.2 Å². The van der Waals surface area contributed by atoms with Crippen molar-refractivity contribution < 1.29 is 22.8 Å². The zero-order chi connectivity index (χ0) is 16.8. The molecule has 0 unspecified atom stereocenters. The third-order valence-corrected chi connectivity index (χ3v) is 3.33. The summed E-state index contributed by atoms with van der Waals surface area (Å²) in [6.45, 7) is 2.96. The third-order valence-electron chi connectivity index (χ3n) is 3.33. The minimum atomic E-state index is -4.35. The zero-order valence-electron chi connectivity index (χ0n) is 13.9. The third kappa shape index (κ3) is 14.2. The number of hydrogen-bond donors (Lipinski definition) is 0. The topological polar surface area (TPSA) is 29.5 Å². The Balaban J connectivity index is 3.86. The van der Waals surface area contributed by atoms with Crippen LogP contribution in [0.15, 0.2) is 0 Å². The molecule has 0 N–H and O–H groups in total. The van der Waals surface area contributed by atoms with Crippen LogP contribution in [-0.4, -0.2) is 30.3 Å². The van der Waals surface area contributed by atoms with Crippen LogP contribution >= 0.6 is 0 Å². The molecule has 0 aromatic heterocycles. The van der Waals surface area contributed by atoms with Crippen LogP contribution in [0.1, 0.15) is 78.1 Å². The van der Waals surface area contributed by atoms with Gasteiger partial charge in [0.2, 0.25) is 0 Å². The van der Waals surface area contributed by atoms with Gasteiger partial charge in [-0.25, -0.2) is 0 Å². The molecule has 0 radical (unpaired) electrons. The Morgan fingerprint density at radius 2 is 1.45 bits per heavy atom. The molecule has 0 spiro atoms. The molecule has 132 valence electrons. The zero-order valence-corrected chi connectivity index (χ0v) is 13.9. The van der Waals surface area contributed by atoms with Crippen molar-refractivity contribution in [3.05, 3.63) is 0 Å². The van der Waals surface area contributed by atoms with Crippen LogP contribution in [0.3, 0.4) is 0 Å². The van der Waals surface area contributed by atoms with Crippen molar-refractivity contribution in [1.82, 2.24) is 5.06 Å². The molecule has 0 aromatic rings. The predicted octanol–water partition coefficient (Wildman–Crippen LogP) is 5.25. The molecule has 3 nitrogen and oxygen atoms in total. The van der Waals surface area contributed by atoms with Crippen molar-refractivity contribution >= 4 is 5.97 Å². The summed E-state index contributed by atoms with van der Waals surface area (Å²) in [5.74, 6) is -0.561. The fourth-order valence-electron chi connectivity index (χ4n) is 2.11. The van der Waals surface area contributed by atoms with E-state index in [-0.39, 0.29) is 13.0 Å². The van der Waals surface area contributed by atoms with Crippen LogP contribution in [0.25, 0.3) is 0 Å². The van der Waals surface area contributed by atoms with Crippen LogP contribution < -0.4 is 0 Å². The molecule has 0 aromatic carbocycles. The number of nitrogens with zero attached hydrogens (tertiary/aromatic N) is 1. The molecule has 22 heavy (non-hydrogen) atoms. The molecule has 0 saturated heterocycles. The van der Waals surface area contributed by atoms with E-state index in [0.717, 1.165) is 30.7 Å². The molecule has 0 aliphatic rings. The van der Waals surface area contributed by atoms with Gasteiger partial charge < -0.3 is 4.84 Å². The lowest BCUT2D eigenvalue weighted by molar-refractivity contribution is -0.231. The SMILES string of the molecule is CCCCCCCCCC(=O)ON(CCCC)CC(F)(F)F. The van der Waals surface area contributed by atoms with Crippen molar-refractivity contribution in [3.8, 4) is 0 Å². The highest BCUT2D eigenvalue weighted by Crippen LogP contribution is 2.17. The summed E-state index contributed by atoms with van der Waals surface area (Å²) in [6.07, 6.45) is 4.61. The summed E-state index contributed by atoms with van der Waals surface area (Å²) in [5, 5.41) is 0.743. The number of carbonyl (C=O) groups excluding carboxylic acids is 1. The van der Waals surface area contributed by atoms with Gasteiger partial charge in [-0.05, 0) is 12.8 Å². The fraction of sp³-hybridized carbons (Fsp3) is 0.938. The van der Waals surface area contributed by atoms with Gasteiger partial charge >= 0.3 is 12.1 Å². The highest BCUT2D eigenvalue weighted by atomic mass is 19.4. The molecular weight excluding hydrogens is 295 g/mol. The summed E-state index contributed by atoms with van der Waals surface area (Å²) < 4.78 is 37.2. The van der Waals surface area contributed by atoms with E-state index in [1.54, 1.807) is 0 Å². The normalized spacial score (nSPS) is 11.9. The Bertz CT molecular complexity index is 283. The number of halogens is 3. The van der Waals surface area contributed by atoms with Gasteiger partial charge in [0, 0.05) is 13.0 Å². The second kappa shape index (κ2) is 12.7. The van der Waals surface area contributed by atoms with Crippen LogP contribution in [0, 0.1) is 0 Å². The van der Waals surface area contributed by atoms with E-state index in [4.69, 9.17) is 4.84 Å². The molecule has 0 amide bonds. The van der Waals surface area contributed by atoms with Gasteiger partial charge in [-0.15, -0.1) is 5.06 Å². The van der Waals surface area contributed by atoms with Crippen molar-refractivity contribution in [2.24, 2.45) is 0 Å². The first-order valence-electron chi connectivity index (χ1n) is 8.41. The van der Waals surface area contributed by atoms with E-state index in [1.165, 1.54) is 19.3 Å².